The van der Waals surface area contributed by atoms with Crippen molar-refractivity contribution in [1.29, 1.82) is 0 Å². The minimum atomic E-state index is -4.64. The highest BCUT2D eigenvalue weighted by molar-refractivity contribution is 5.59. The lowest BCUT2D eigenvalue weighted by molar-refractivity contribution is -0.383. The van der Waals surface area contributed by atoms with E-state index in [9.17, 15) is 23.3 Å². The summed E-state index contributed by atoms with van der Waals surface area (Å²) in [6.45, 7) is 0. The van der Waals surface area contributed by atoms with Crippen molar-refractivity contribution in [3.63, 3.8) is 0 Å². The lowest BCUT2D eigenvalue weighted by atomic mass is 10.3. The third-order valence-corrected chi connectivity index (χ3v) is 1.89. The Labute approximate surface area is 85.5 Å². The number of nitro groups is 1. The summed E-state index contributed by atoms with van der Waals surface area (Å²) in [5.41, 5.74) is -2.06. The molecule has 0 spiro atoms. The van der Waals surface area contributed by atoms with E-state index in [0.29, 0.717) is 10.6 Å². The van der Waals surface area contributed by atoms with Crippen LogP contribution < -0.4 is 0 Å². The Morgan fingerprint density at radius 3 is 2.62 bits per heavy atom. The van der Waals surface area contributed by atoms with E-state index in [1.54, 1.807) is 0 Å². The van der Waals surface area contributed by atoms with Crippen molar-refractivity contribution in [1.82, 2.24) is 14.6 Å². The van der Waals surface area contributed by atoms with Crippen LogP contribution in [0.3, 0.4) is 0 Å². The number of fused-ring (bicyclic) bond motifs is 1. The van der Waals surface area contributed by atoms with Gasteiger partial charge in [-0.2, -0.15) is 18.3 Å². The van der Waals surface area contributed by atoms with Crippen LogP contribution in [0.4, 0.5) is 18.9 Å². The lowest BCUT2D eigenvalue weighted by Crippen LogP contribution is -2.13. The van der Waals surface area contributed by atoms with E-state index in [2.05, 4.69) is 10.1 Å². The van der Waals surface area contributed by atoms with Crippen molar-refractivity contribution >= 4 is 11.3 Å². The van der Waals surface area contributed by atoms with Gasteiger partial charge in [0.25, 0.3) is 0 Å². The van der Waals surface area contributed by atoms with E-state index in [4.69, 9.17) is 0 Å². The Bertz CT molecular complexity index is 562. The predicted octanol–water partition coefficient (Wildman–Crippen LogP) is 1.66. The Balaban J connectivity index is 2.79. The molecule has 9 heteroatoms. The monoisotopic (exact) mass is 232 g/mol. The molecule has 2 heterocycles. The zero-order valence-electron chi connectivity index (χ0n) is 7.47. The summed E-state index contributed by atoms with van der Waals surface area (Å²) >= 11 is 0. The summed E-state index contributed by atoms with van der Waals surface area (Å²) in [4.78, 5) is 13.1. The molecule has 2 rings (SSSR count). The van der Waals surface area contributed by atoms with Crippen molar-refractivity contribution < 1.29 is 18.1 Å². The zero-order chi connectivity index (χ0) is 11.9. The van der Waals surface area contributed by atoms with Gasteiger partial charge in [-0.3, -0.25) is 10.1 Å². The third kappa shape index (κ3) is 1.45. The Hall–Kier alpha value is -2.19. The van der Waals surface area contributed by atoms with Gasteiger partial charge in [0.1, 0.15) is 12.0 Å². The van der Waals surface area contributed by atoms with Gasteiger partial charge >= 0.3 is 11.9 Å². The summed E-state index contributed by atoms with van der Waals surface area (Å²) in [5.74, 6) is 0. The first-order chi connectivity index (χ1) is 7.41. The maximum Gasteiger partial charge on any atom is 0.433 e. The second kappa shape index (κ2) is 3.15. The molecule has 0 N–H and O–H groups in total. The normalized spacial score (nSPS) is 11.9. The number of hydrogen-bond acceptors (Lipinski definition) is 4. The average Bonchev–Trinajstić information content (AvgIpc) is 2.61. The molecule has 0 aliphatic carbocycles. The van der Waals surface area contributed by atoms with Crippen LogP contribution in [0.1, 0.15) is 5.69 Å². The summed E-state index contributed by atoms with van der Waals surface area (Å²) in [5, 5.41) is 13.8. The molecular weight excluding hydrogens is 229 g/mol. The molecule has 0 amide bonds. The topological polar surface area (TPSA) is 73.3 Å². The highest BCUT2D eigenvalue weighted by atomic mass is 19.4. The fraction of sp³-hybridized carbons (Fsp3) is 0.143. The molecule has 0 saturated heterocycles. The van der Waals surface area contributed by atoms with Gasteiger partial charge in [-0.05, 0) is 6.07 Å². The summed E-state index contributed by atoms with van der Waals surface area (Å²) in [6, 6.07) is 1.35. The molecule has 0 atom stereocenters. The van der Waals surface area contributed by atoms with Gasteiger partial charge in [-0.25, -0.2) is 9.50 Å². The smallest absolute Gasteiger partial charge is 0.258 e. The molecule has 2 aromatic heterocycles. The largest absolute Gasteiger partial charge is 0.433 e. The lowest BCUT2D eigenvalue weighted by Gasteiger charge is -2.07. The maximum absolute atomic E-state index is 12.5. The molecule has 0 aliphatic heterocycles. The second-order valence-corrected chi connectivity index (χ2v) is 2.85. The van der Waals surface area contributed by atoms with E-state index >= 15 is 0 Å². The molecule has 0 fully saturated rings. The zero-order valence-corrected chi connectivity index (χ0v) is 7.47. The standard InChI is InChI=1S/C7H3F3N4O2/c8-7(9,10)5-2-1-4(14(15)16)6-11-3-12-13(5)6/h1-3H. The number of aromatic nitrogens is 3. The van der Waals surface area contributed by atoms with E-state index in [0.717, 1.165) is 12.4 Å². The minimum absolute atomic E-state index is 0.401. The fourth-order valence-electron chi connectivity index (χ4n) is 1.25. The van der Waals surface area contributed by atoms with Gasteiger partial charge in [0.15, 0.2) is 0 Å². The van der Waals surface area contributed by atoms with Crippen LogP contribution in [0.2, 0.25) is 0 Å². The second-order valence-electron chi connectivity index (χ2n) is 2.85. The first-order valence-electron chi connectivity index (χ1n) is 3.95. The van der Waals surface area contributed by atoms with Crippen molar-refractivity contribution in [3.05, 3.63) is 34.3 Å². The molecule has 2 aromatic rings. The van der Waals surface area contributed by atoms with Gasteiger partial charge < -0.3 is 0 Å². The quantitative estimate of drug-likeness (QED) is 0.553. The number of nitrogens with zero attached hydrogens (tertiary/aromatic N) is 4. The molecule has 0 saturated carbocycles. The molecule has 0 bridgehead atoms. The average molecular weight is 232 g/mol. The number of pyridine rings is 1. The van der Waals surface area contributed by atoms with Gasteiger partial charge in [0.05, 0.1) is 4.92 Å². The van der Waals surface area contributed by atoms with Gasteiger partial charge in [-0.15, -0.1) is 0 Å². The van der Waals surface area contributed by atoms with Gasteiger partial charge in [0, 0.05) is 6.07 Å². The van der Waals surface area contributed by atoms with Crippen LogP contribution >= 0.6 is 0 Å². The Morgan fingerprint density at radius 2 is 2.06 bits per heavy atom. The van der Waals surface area contributed by atoms with Gasteiger partial charge in [0.2, 0.25) is 5.65 Å². The number of alkyl halides is 3. The van der Waals surface area contributed by atoms with Crippen molar-refractivity contribution in [2.45, 2.75) is 6.18 Å². The third-order valence-electron chi connectivity index (χ3n) is 1.89. The number of rotatable bonds is 1. The number of hydrogen-bond donors (Lipinski definition) is 0. The molecule has 0 radical (unpaired) electrons. The first-order valence-corrected chi connectivity index (χ1v) is 3.95. The first kappa shape index (κ1) is 10.3. The van der Waals surface area contributed by atoms with E-state index in [-0.39, 0.29) is 0 Å². The van der Waals surface area contributed by atoms with Crippen LogP contribution in [-0.2, 0) is 6.18 Å². The maximum atomic E-state index is 12.5. The predicted molar refractivity (Wildman–Crippen MR) is 44.6 cm³/mol. The van der Waals surface area contributed by atoms with Gasteiger partial charge in [-0.1, -0.05) is 0 Å². The highest BCUT2D eigenvalue weighted by Crippen LogP contribution is 2.31. The Morgan fingerprint density at radius 1 is 1.38 bits per heavy atom. The van der Waals surface area contributed by atoms with Crippen molar-refractivity contribution in [3.8, 4) is 0 Å². The van der Waals surface area contributed by atoms with Crippen molar-refractivity contribution in [2.75, 3.05) is 0 Å². The van der Waals surface area contributed by atoms with Crippen LogP contribution in [-0.4, -0.2) is 19.5 Å². The SMILES string of the molecule is O=[N+]([O-])c1ccc(C(F)(F)F)n2ncnc12. The van der Waals surface area contributed by atoms with Crippen LogP contribution in [0.15, 0.2) is 18.5 Å². The van der Waals surface area contributed by atoms with Crippen molar-refractivity contribution in [2.24, 2.45) is 0 Å². The fourth-order valence-corrected chi connectivity index (χ4v) is 1.25. The summed E-state index contributed by atoms with van der Waals surface area (Å²) < 4.78 is 37.8. The minimum Gasteiger partial charge on any atom is -0.258 e. The van der Waals surface area contributed by atoms with Crippen LogP contribution in [0.25, 0.3) is 5.65 Å². The molecule has 0 unspecified atom stereocenters. The van der Waals surface area contributed by atoms with E-state index < -0.39 is 28.1 Å². The Kier molecular flexibility index (Phi) is 2.04. The van der Waals surface area contributed by atoms with E-state index in [1.807, 2.05) is 0 Å². The summed E-state index contributed by atoms with van der Waals surface area (Å²) in [6.07, 6.45) is -3.81. The molecule has 16 heavy (non-hydrogen) atoms. The molecule has 6 nitrogen and oxygen atoms in total. The molecular formula is C7H3F3N4O2. The highest BCUT2D eigenvalue weighted by Gasteiger charge is 2.35. The van der Waals surface area contributed by atoms with E-state index in [1.165, 1.54) is 0 Å². The number of halogens is 3. The molecule has 0 aromatic carbocycles. The molecule has 0 aliphatic rings. The van der Waals surface area contributed by atoms with Crippen LogP contribution in [0, 0.1) is 10.1 Å². The molecule has 84 valence electrons. The summed E-state index contributed by atoms with van der Waals surface area (Å²) in [7, 11) is 0. The van der Waals surface area contributed by atoms with Crippen LogP contribution in [0.5, 0.6) is 0 Å².